The van der Waals surface area contributed by atoms with Gasteiger partial charge in [-0.25, -0.2) is 0 Å². The van der Waals surface area contributed by atoms with Crippen LogP contribution < -0.4 is 9.80 Å². The minimum Gasteiger partial charge on any atom is -0.372 e. The van der Waals surface area contributed by atoms with Crippen molar-refractivity contribution in [1.82, 2.24) is 0 Å². The van der Waals surface area contributed by atoms with Crippen molar-refractivity contribution in [1.29, 1.82) is 0 Å². The first-order chi connectivity index (χ1) is 13.4. The summed E-state index contributed by atoms with van der Waals surface area (Å²) in [4.78, 5) is 17.8. The molecular formula is C23H24N2OS2. The van der Waals surface area contributed by atoms with E-state index in [1.54, 1.807) is 4.90 Å². The minimum absolute atomic E-state index is 0.0405. The number of thioether (sulfide) groups is 1. The lowest BCUT2D eigenvalue weighted by Gasteiger charge is -2.18. The van der Waals surface area contributed by atoms with E-state index in [0.717, 1.165) is 29.9 Å². The van der Waals surface area contributed by atoms with Gasteiger partial charge in [-0.2, -0.15) is 0 Å². The number of anilines is 2. The maximum atomic E-state index is 13.0. The third-order valence-corrected chi connectivity index (χ3v) is 6.86. The minimum atomic E-state index is -0.0405. The Hall–Kier alpha value is -2.11. The molecule has 0 N–H and O–H groups in total. The molecule has 0 aromatic heterocycles. The number of carbonyl (C=O) groups excluding carboxylic acids is 1. The summed E-state index contributed by atoms with van der Waals surface area (Å²) in [7, 11) is 0. The smallest absolute Gasteiger partial charge is 0.270 e. The van der Waals surface area contributed by atoms with Crippen LogP contribution >= 0.6 is 24.0 Å². The number of thiocarbonyl (C=S) groups is 1. The summed E-state index contributed by atoms with van der Waals surface area (Å²) in [6.45, 7) is 8.49. The first kappa shape index (κ1) is 19.2. The molecule has 2 fully saturated rings. The van der Waals surface area contributed by atoms with E-state index in [9.17, 15) is 4.79 Å². The van der Waals surface area contributed by atoms with Crippen LogP contribution in [-0.4, -0.2) is 23.3 Å². The zero-order valence-electron chi connectivity index (χ0n) is 16.5. The van der Waals surface area contributed by atoms with Crippen molar-refractivity contribution in [3.05, 3.63) is 63.6 Å². The van der Waals surface area contributed by atoms with Crippen molar-refractivity contribution >= 4 is 51.7 Å². The van der Waals surface area contributed by atoms with E-state index < -0.39 is 0 Å². The molecule has 28 heavy (non-hydrogen) atoms. The van der Waals surface area contributed by atoms with E-state index in [1.807, 2.05) is 24.3 Å². The van der Waals surface area contributed by atoms with Gasteiger partial charge in [-0.15, -0.1) is 0 Å². The summed E-state index contributed by atoms with van der Waals surface area (Å²) in [5.74, 6) is -0.0405. The maximum Gasteiger partial charge on any atom is 0.270 e. The number of hydrogen-bond donors (Lipinski definition) is 0. The molecule has 0 unspecified atom stereocenters. The summed E-state index contributed by atoms with van der Waals surface area (Å²) in [6, 6.07) is 12.5. The average molecular weight is 409 g/mol. The van der Waals surface area contributed by atoms with E-state index in [4.69, 9.17) is 12.2 Å². The van der Waals surface area contributed by atoms with Crippen molar-refractivity contribution < 1.29 is 4.79 Å². The standard InChI is InChI=1S/C23H24N2OS2/c1-15-6-8-20(12-16(15)2)25-22(26)21(28-23(25)27)14-18-7-9-19(13-17(18)3)24-10-4-5-11-24/h6-9,12-14H,4-5,10-11H2,1-3H3. The SMILES string of the molecule is Cc1ccc(N2C(=O)C(=Cc3ccc(N4CCCC4)cc3C)SC2=S)cc1C. The van der Waals surface area contributed by atoms with Gasteiger partial charge in [0.2, 0.25) is 0 Å². The molecular weight excluding hydrogens is 384 g/mol. The van der Waals surface area contributed by atoms with Gasteiger partial charge in [0.15, 0.2) is 4.32 Å². The average Bonchev–Trinajstić information content (AvgIpc) is 3.28. The topological polar surface area (TPSA) is 23.6 Å². The van der Waals surface area contributed by atoms with Crippen molar-refractivity contribution in [3.8, 4) is 0 Å². The summed E-state index contributed by atoms with van der Waals surface area (Å²) < 4.78 is 0.589. The summed E-state index contributed by atoms with van der Waals surface area (Å²) in [6.07, 6.45) is 4.51. The van der Waals surface area contributed by atoms with Crippen molar-refractivity contribution in [3.63, 3.8) is 0 Å². The second kappa shape index (κ2) is 7.72. The van der Waals surface area contributed by atoms with Crippen molar-refractivity contribution in [2.45, 2.75) is 33.6 Å². The van der Waals surface area contributed by atoms with Crippen molar-refractivity contribution in [2.75, 3.05) is 22.9 Å². The molecule has 144 valence electrons. The van der Waals surface area contributed by atoms with Crippen LogP contribution in [0.3, 0.4) is 0 Å². The van der Waals surface area contributed by atoms with Crippen molar-refractivity contribution in [2.24, 2.45) is 0 Å². The van der Waals surface area contributed by atoms with Crippen LogP contribution in [-0.2, 0) is 4.79 Å². The highest BCUT2D eigenvalue weighted by molar-refractivity contribution is 8.27. The van der Waals surface area contributed by atoms with Gasteiger partial charge in [-0.1, -0.05) is 36.1 Å². The summed E-state index contributed by atoms with van der Waals surface area (Å²) in [5.41, 5.74) is 6.73. The third kappa shape index (κ3) is 3.61. The van der Waals surface area contributed by atoms with Crippen LogP contribution in [0.25, 0.3) is 6.08 Å². The van der Waals surface area contributed by atoms with Gasteiger partial charge in [0.1, 0.15) is 0 Å². The van der Waals surface area contributed by atoms with Crippen LogP contribution in [0, 0.1) is 20.8 Å². The number of amides is 1. The van der Waals surface area contributed by atoms with Crippen LogP contribution in [0.15, 0.2) is 41.3 Å². The number of rotatable bonds is 3. The molecule has 0 radical (unpaired) electrons. The Labute approximate surface area is 176 Å². The Bertz CT molecular complexity index is 990. The van der Waals surface area contributed by atoms with E-state index >= 15 is 0 Å². The third-order valence-electron chi connectivity index (χ3n) is 5.55. The number of carbonyl (C=O) groups is 1. The van der Waals surface area contributed by atoms with Gasteiger partial charge in [0.25, 0.3) is 5.91 Å². The van der Waals surface area contributed by atoms with E-state index in [1.165, 1.54) is 41.4 Å². The fraction of sp³-hybridized carbons (Fsp3) is 0.304. The second-order valence-electron chi connectivity index (χ2n) is 7.52. The second-order valence-corrected chi connectivity index (χ2v) is 9.20. The fourth-order valence-electron chi connectivity index (χ4n) is 3.69. The molecule has 4 rings (SSSR count). The molecule has 0 spiro atoms. The highest BCUT2D eigenvalue weighted by Crippen LogP contribution is 2.37. The van der Waals surface area contributed by atoms with Crippen LogP contribution in [0.5, 0.6) is 0 Å². The molecule has 0 atom stereocenters. The summed E-state index contributed by atoms with van der Waals surface area (Å²) >= 11 is 6.89. The monoisotopic (exact) mass is 408 g/mol. The molecule has 0 saturated carbocycles. The molecule has 5 heteroatoms. The first-order valence-electron chi connectivity index (χ1n) is 9.65. The zero-order valence-corrected chi connectivity index (χ0v) is 18.1. The lowest BCUT2D eigenvalue weighted by atomic mass is 10.1. The highest BCUT2D eigenvalue weighted by atomic mass is 32.2. The zero-order chi connectivity index (χ0) is 19.8. The Balaban J connectivity index is 1.61. The highest BCUT2D eigenvalue weighted by Gasteiger charge is 2.33. The molecule has 2 aliphatic rings. The van der Waals surface area contributed by atoms with Gasteiger partial charge in [0, 0.05) is 18.8 Å². The van der Waals surface area contributed by atoms with Crippen LogP contribution in [0.1, 0.15) is 35.1 Å². The Kier molecular flexibility index (Phi) is 5.30. The van der Waals surface area contributed by atoms with Crippen LogP contribution in [0.2, 0.25) is 0 Å². The number of hydrogen-bond acceptors (Lipinski definition) is 4. The molecule has 2 aromatic carbocycles. The van der Waals surface area contributed by atoms with Gasteiger partial charge >= 0.3 is 0 Å². The van der Waals surface area contributed by atoms with Gasteiger partial charge in [-0.3, -0.25) is 9.69 Å². The predicted molar refractivity (Wildman–Crippen MR) is 124 cm³/mol. The molecule has 3 nitrogen and oxygen atoms in total. The Morgan fingerprint density at radius 2 is 1.61 bits per heavy atom. The van der Waals surface area contributed by atoms with Gasteiger partial charge < -0.3 is 4.90 Å². The molecule has 2 saturated heterocycles. The molecule has 2 aliphatic heterocycles. The van der Waals surface area contributed by atoms with Gasteiger partial charge in [-0.05, 0) is 86.2 Å². The first-order valence-corrected chi connectivity index (χ1v) is 10.9. The Morgan fingerprint density at radius 3 is 2.29 bits per heavy atom. The quantitative estimate of drug-likeness (QED) is 0.486. The molecule has 0 bridgehead atoms. The lowest BCUT2D eigenvalue weighted by molar-refractivity contribution is -0.113. The van der Waals surface area contributed by atoms with E-state index in [0.29, 0.717) is 9.23 Å². The molecule has 1 amide bonds. The van der Waals surface area contributed by atoms with Crippen LogP contribution in [0.4, 0.5) is 11.4 Å². The fourth-order valence-corrected chi connectivity index (χ4v) is 4.98. The van der Waals surface area contributed by atoms with E-state index in [-0.39, 0.29) is 5.91 Å². The predicted octanol–water partition coefficient (Wildman–Crippen LogP) is 5.62. The maximum absolute atomic E-state index is 13.0. The number of aryl methyl sites for hydroxylation is 3. The normalized spacial score (nSPS) is 18.6. The molecule has 2 aromatic rings. The molecule has 0 aliphatic carbocycles. The summed E-state index contributed by atoms with van der Waals surface area (Å²) in [5, 5.41) is 0. The largest absolute Gasteiger partial charge is 0.372 e. The number of benzene rings is 2. The molecule has 2 heterocycles. The number of nitrogens with zero attached hydrogens (tertiary/aromatic N) is 2. The Morgan fingerprint density at radius 1 is 0.929 bits per heavy atom. The van der Waals surface area contributed by atoms with Gasteiger partial charge in [0.05, 0.1) is 10.6 Å². The lowest BCUT2D eigenvalue weighted by Crippen LogP contribution is -2.27. The van der Waals surface area contributed by atoms with E-state index in [2.05, 4.69) is 43.9 Å².